The molecule has 2 aliphatic heterocycles. The van der Waals surface area contributed by atoms with E-state index in [4.69, 9.17) is 4.74 Å². The van der Waals surface area contributed by atoms with E-state index in [2.05, 4.69) is 29.5 Å². The highest BCUT2D eigenvalue weighted by Gasteiger charge is 2.37. The molecule has 3 heterocycles. The van der Waals surface area contributed by atoms with Crippen LogP contribution >= 0.6 is 0 Å². The standard InChI is InChI=1S/C28H42N6O3/c1-21(2)20-33(24-17-22(18-29-19-24)27(35)32-14-8-9-15-32)28(36)26-25(13-7-10-16-37-3)34(31-30-26)23-11-5-4-6-12-23/h4-6,11-12,21-22,24,29H,7-10,13-20H2,1-3H3/t22-,24+/m1/s1. The van der Waals surface area contributed by atoms with Gasteiger partial charge in [-0.3, -0.25) is 9.59 Å². The highest BCUT2D eigenvalue weighted by atomic mass is 16.5. The zero-order chi connectivity index (χ0) is 26.2. The molecule has 2 fully saturated rings. The van der Waals surface area contributed by atoms with Crippen molar-refractivity contribution in [1.82, 2.24) is 30.1 Å². The maximum atomic E-state index is 14.1. The molecule has 37 heavy (non-hydrogen) atoms. The Kier molecular flexibility index (Phi) is 9.68. The first-order valence-corrected chi connectivity index (χ1v) is 13.8. The first-order valence-electron chi connectivity index (χ1n) is 13.8. The molecule has 1 aromatic carbocycles. The number of aromatic nitrogens is 3. The number of rotatable bonds is 11. The third-order valence-electron chi connectivity index (χ3n) is 7.34. The van der Waals surface area contributed by atoms with Crippen LogP contribution in [0.3, 0.4) is 0 Å². The predicted octanol–water partition coefficient (Wildman–Crippen LogP) is 2.94. The average Bonchev–Trinajstić information content (AvgIpc) is 3.60. The minimum atomic E-state index is -0.104. The van der Waals surface area contributed by atoms with Crippen LogP contribution in [0.1, 0.15) is 62.1 Å². The Morgan fingerprint density at radius 3 is 2.59 bits per heavy atom. The molecule has 1 N–H and O–H groups in total. The van der Waals surface area contributed by atoms with Crippen LogP contribution in [-0.4, -0.2) is 89.1 Å². The highest BCUT2D eigenvalue weighted by Crippen LogP contribution is 2.24. The Labute approximate surface area is 220 Å². The molecule has 0 radical (unpaired) electrons. The molecule has 2 atom stereocenters. The van der Waals surface area contributed by atoms with E-state index in [9.17, 15) is 9.59 Å². The summed E-state index contributed by atoms with van der Waals surface area (Å²) in [7, 11) is 1.70. The van der Waals surface area contributed by atoms with Crippen molar-refractivity contribution in [3.8, 4) is 5.69 Å². The van der Waals surface area contributed by atoms with Crippen molar-refractivity contribution in [3.05, 3.63) is 41.7 Å². The number of para-hydroxylation sites is 1. The van der Waals surface area contributed by atoms with E-state index in [-0.39, 0.29) is 29.7 Å². The Hall–Kier alpha value is -2.78. The van der Waals surface area contributed by atoms with Crippen LogP contribution in [0.4, 0.5) is 0 Å². The van der Waals surface area contributed by atoms with Crippen molar-refractivity contribution < 1.29 is 14.3 Å². The second kappa shape index (κ2) is 13.1. The highest BCUT2D eigenvalue weighted by molar-refractivity contribution is 5.94. The van der Waals surface area contributed by atoms with Crippen LogP contribution < -0.4 is 5.32 Å². The van der Waals surface area contributed by atoms with Crippen LogP contribution in [0.5, 0.6) is 0 Å². The monoisotopic (exact) mass is 510 g/mol. The molecule has 0 aliphatic carbocycles. The van der Waals surface area contributed by atoms with E-state index >= 15 is 0 Å². The number of piperidine rings is 1. The summed E-state index contributed by atoms with van der Waals surface area (Å²) in [5.74, 6) is 0.306. The van der Waals surface area contributed by atoms with Gasteiger partial charge in [-0.25, -0.2) is 4.68 Å². The van der Waals surface area contributed by atoms with Crippen LogP contribution in [0.15, 0.2) is 30.3 Å². The fraction of sp³-hybridized carbons (Fsp3) is 0.643. The van der Waals surface area contributed by atoms with Crippen molar-refractivity contribution in [3.63, 3.8) is 0 Å². The number of methoxy groups -OCH3 is 1. The lowest BCUT2D eigenvalue weighted by atomic mass is 9.92. The maximum Gasteiger partial charge on any atom is 0.276 e. The van der Waals surface area contributed by atoms with Crippen molar-refractivity contribution in [2.24, 2.45) is 11.8 Å². The van der Waals surface area contributed by atoms with Gasteiger partial charge in [0, 0.05) is 52.5 Å². The van der Waals surface area contributed by atoms with E-state index in [1.54, 1.807) is 11.8 Å². The third-order valence-corrected chi connectivity index (χ3v) is 7.34. The molecule has 2 aliphatic rings. The summed E-state index contributed by atoms with van der Waals surface area (Å²) in [4.78, 5) is 31.2. The molecule has 2 saturated heterocycles. The maximum absolute atomic E-state index is 14.1. The van der Waals surface area contributed by atoms with Crippen LogP contribution in [0, 0.1) is 11.8 Å². The molecule has 9 nitrogen and oxygen atoms in total. The summed E-state index contributed by atoms with van der Waals surface area (Å²) < 4.78 is 7.03. The number of hydrogen-bond donors (Lipinski definition) is 1. The van der Waals surface area contributed by atoms with Gasteiger partial charge in [-0.1, -0.05) is 37.3 Å². The second-order valence-corrected chi connectivity index (χ2v) is 10.7. The van der Waals surface area contributed by atoms with E-state index in [0.29, 0.717) is 44.8 Å². The molecule has 4 rings (SSSR count). The SMILES string of the molecule is COCCCCc1c(C(=O)N(CC(C)C)[C@@H]2CNC[C@H](C(=O)N3CCCC3)C2)nnn1-c1ccccc1. The van der Waals surface area contributed by atoms with Gasteiger partial charge in [0.25, 0.3) is 5.91 Å². The predicted molar refractivity (Wildman–Crippen MR) is 143 cm³/mol. The Bertz CT molecular complexity index is 1020. The summed E-state index contributed by atoms with van der Waals surface area (Å²) in [5.41, 5.74) is 2.13. The summed E-state index contributed by atoms with van der Waals surface area (Å²) in [6, 6.07) is 9.78. The van der Waals surface area contributed by atoms with Gasteiger partial charge in [0.15, 0.2) is 5.69 Å². The zero-order valence-corrected chi connectivity index (χ0v) is 22.6. The quantitative estimate of drug-likeness (QED) is 0.468. The van der Waals surface area contributed by atoms with Gasteiger partial charge in [0.1, 0.15) is 0 Å². The third kappa shape index (κ3) is 6.76. The lowest BCUT2D eigenvalue weighted by Gasteiger charge is -2.39. The average molecular weight is 511 g/mol. The normalized spacial score (nSPS) is 19.9. The van der Waals surface area contributed by atoms with E-state index in [1.165, 1.54) is 0 Å². The largest absolute Gasteiger partial charge is 0.385 e. The molecular formula is C28H42N6O3. The number of benzene rings is 1. The van der Waals surface area contributed by atoms with Gasteiger partial charge >= 0.3 is 0 Å². The molecule has 1 aromatic heterocycles. The van der Waals surface area contributed by atoms with Crippen molar-refractivity contribution in [2.45, 2.75) is 58.4 Å². The molecule has 0 saturated carbocycles. The van der Waals surface area contributed by atoms with Crippen molar-refractivity contribution in [2.75, 3.05) is 46.4 Å². The van der Waals surface area contributed by atoms with Crippen LogP contribution in [0.2, 0.25) is 0 Å². The van der Waals surface area contributed by atoms with Gasteiger partial charge in [-0.2, -0.15) is 0 Å². The van der Waals surface area contributed by atoms with Gasteiger partial charge in [0.2, 0.25) is 5.91 Å². The molecular weight excluding hydrogens is 468 g/mol. The van der Waals surface area contributed by atoms with E-state index in [0.717, 1.165) is 50.2 Å². The minimum absolute atomic E-state index is 0.0663. The lowest BCUT2D eigenvalue weighted by Crippen LogP contribution is -2.55. The van der Waals surface area contributed by atoms with Crippen LogP contribution in [-0.2, 0) is 16.0 Å². The summed E-state index contributed by atoms with van der Waals surface area (Å²) in [6.07, 6.45) is 5.29. The summed E-state index contributed by atoms with van der Waals surface area (Å²) >= 11 is 0. The molecule has 2 amide bonds. The number of carbonyl (C=O) groups excluding carboxylic acids is 2. The number of likely N-dealkylation sites (tertiary alicyclic amines) is 1. The molecule has 0 spiro atoms. The van der Waals surface area contributed by atoms with E-state index < -0.39 is 0 Å². The van der Waals surface area contributed by atoms with E-state index in [1.807, 2.05) is 40.1 Å². The molecule has 0 bridgehead atoms. The van der Waals surface area contributed by atoms with Gasteiger partial charge in [-0.15, -0.1) is 5.10 Å². The summed E-state index contributed by atoms with van der Waals surface area (Å²) in [5, 5.41) is 12.3. The number of nitrogens with one attached hydrogen (secondary N) is 1. The summed E-state index contributed by atoms with van der Waals surface area (Å²) in [6.45, 7) is 8.58. The smallest absolute Gasteiger partial charge is 0.276 e. The molecule has 9 heteroatoms. The topological polar surface area (TPSA) is 92.6 Å². The Balaban J connectivity index is 1.59. The van der Waals surface area contributed by atoms with Crippen molar-refractivity contribution >= 4 is 11.8 Å². The number of hydrogen-bond acceptors (Lipinski definition) is 6. The van der Waals surface area contributed by atoms with Crippen LogP contribution in [0.25, 0.3) is 5.69 Å². The second-order valence-electron chi connectivity index (χ2n) is 10.7. The Morgan fingerprint density at radius 1 is 1.14 bits per heavy atom. The molecule has 0 unspecified atom stereocenters. The number of unbranched alkanes of at least 4 members (excludes halogenated alkanes) is 1. The zero-order valence-electron chi connectivity index (χ0n) is 22.6. The fourth-order valence-corrected chi connectivity index (χ4v) is 5.48. The van der Waals surface area contributed by atoms with Gasteiger partial charge < -0.3 is 19.9 Å². The first-order chi connectivity index (χ1) is 18.0. The molecule has 202 valence electrons. The van der Waals surface area contributed by atoms with Gasteiger partial charge in [-0.05, 0) is 56.6 Å². The first kappa shape index (κ1) is 27.3. The van der Waals surface area contributed by atoms with Crippen molar-refractivity contribution in [1.29, 1.82) is 0 Å². The molecule has 2 aromatic rings. The number of ether oxygens (including phenoxy) is 1. The number of carbonyl (C=O) groups is 2. The number of nitrogens with zero attached hydrogens (tertiary/aromatic N) is 5. The lowest BCUT2D eigenvalue weighted by molar-refractivity contribution is -0.135. The minimum Gasteiger partial charge on any atom is -0.385 e. The fourth-order valence-electron chi connectivity index (χ4n) is 5.48. The Morgan fingerprint density at radius 2 is 1.89 bits per heavy atom. The van der Waals surface area contributed by atoms with Gasteiger partial charge in [0.05, 0.1) is 17.3 Å². The number of amides is 2.